The molecule has 0 N–H and O–H groups in total. The lowest BCUT2D eigenvalue weighted by molar-refractivity contribution is 0.125. The van der Waals surface area contributed by atoms with Crippen LogP contribution in [0.1, 0.15) is 257 Å². The van der Waals surface area contributed by atoms with E-state index in [1.807, 2.05) is 0 Å². The van der Waals surface area contributed by atoms with Crippen molar-refractivity contribution >= 4 is 68.5 Å². The first-order valence-corrected chi connectivity index (χ1v) is 47.7. The van der Waals surface area contributed by atoms with E-state index in [9.17, 15) is 32.9 Å². The zero-order valence-corrected chi connectivity index (χ0v) is 51.0. The highest BCUT2D eigenvalue weighted by Gasteiger charge is 2.84. The van der Waals surface area contributed by atoms with Gasteiger partial charge in [0.2, 0.25) is 0 Å². The van der Waals surface area contributed by atoms with E-state index in [1.165, 1.54) is 257 Å². The van der Waals surface area contributed by atoms with E-state index in [-0.39, 0.29) is 0 Å². The molecule has 8 saturated carbocycles. The maximum Gasteiger partial charge on any atom is 0.325 e. The summed E-state index contributed by atoms with van der Waals surface area (Å²) in [5.41, 5.74) is 8.18. The van der Waals surface area contributed by atoms with Crippen molar-refractivity contribution < 1.29 is 32.9 Å². The van der Waals surface area contributed by atoms with E-state index in [2.05, 4.69) is 0 Å². The quantitative estimate of drug-likeness (QED) is 0.223. The zero-order chi connectivity index (χ0) is 45.4. The van der Waals surface area contributed by atoms with Crippen LogP contribution >= 0.6 is 0 Å². The van der Waals surface area contributed by atoms with Crippen LogP contribution in [0.3, 0.4) is 0 Å². The summed E-state index contributed by atoms with van der Waals surface area (Å²) in [5.74, 6) is 0. The van der Waals surface area contributed by atoms with Gasteiger partial charge in [-0.3, -0.25) is 0 Å². The highest BCUT2D eigenvalue weighted by atomic mass is 28.6. The Morgan fingerprint density at radius 3 is 0.353 bits per heavy atom. The van der Waals surface area contributed by atoms with Crippen LogP contribution < -0.4 is 0 Å². The van der Waals surface area contributed by atoms with Crippen LogP contribution in [0.2, 0.25) is 67.0 Å². The molecule has 384 valence electrons. The second kappa shape index (κ2) is 19.8. The molecule has 6 heterocycles. The van der Waals surface area contributed by atoms with Gasteiger partial charge >= 0.3 is 68.5 Å². The molecular weight excluding hydrogens is 977 g/mol. The van der Waals surface area contributed by atoms with Gasteiger partial charge in [-0.2, -0.15) is 0 Å². The van der Waals surface area contributed by atoms with Gasteiger partial charge in [-0.05, 0) is 103 Å². The Balaban J connectivity index is 1.14. The van der Waals surface area contributed by atoms with Gasteiger partial charge in [-0.1, -0.05) is 154 Å². The molecule has 68 heavy (non-hydrogen) atoms. The number of hydrogen-bond acceptors (Lipinski definition) is 8. The Morgan fingerprint density at radius 2 is 0.250 bits per heavy atom. The minimum atomic E-state index is -3.17. The highest BCUT2D eigenvalue weighted by Crippen LogP contribution is 2.69. The van der Waals surface area contributed by atoms with Crippen molar-refractivity contribution in [3.05, 3.63) is 0 Å². The Bertz CT molecular complexity index is 1290. The standard InChI is InChI=1S/C52H96O8Si8/c1-9-25-45(26-10-1)61-41-62(46-27-11-2-12-28-46)54-65(49-33-17-5-18-34-49)42-63(53-61,47-29-13-3-14-30-47)59-66(50-35-19-6-20-36-50)43-64(57-61,48-31-15-4-16-32-48)55-67(58-62,51-37-21-7-22-38-51)44-68(56-66,60-65)52-39-23-8-24-40-52/h45-52H,1-44H2. The largest absolute Gasteiger partial charge is 0.415 e. The summed E-state index contributed by atoms with van der Waals surface area (Å²) in [5, 5.41) is 0. The third kappa shape index (κ3) is 8.65. The van der Waals surface area contributed by atoms with E-state index in [0.717, 1.165) is 22.7 Å². The van der Waals surface area contributed by atoms with Crippen LogP contribution in [0.15, 0.2) is 0 Å². The predicted octanol–water partition coefficient (Wildman–Crippen LogP) is 16.6. The summed E-state index contributed by atoms with van der Waals surface area (Å²) < 4.78 is 74.8. The van der Waals surface area contributed by atoms with Gasteiger partial charge in [0.25, 0.3) is 0 Å². The molecule has 0 unspecified atom stereocenters. The van der Waals surface area contributed by atoms with Gasteiger partial charge < -0.3 is 32.9 Å². The first kappa shape index (κ1) is 49.0. The average molecular weight is 1070 g/mol. The van der Waals surface area contributed by atoms with E-state index >= 15 is 0 Å². The Kier molecular flexibility index (Phi) is 14.2. The van der Waals surface area contributed by atoms with Crippen LogP contribution in [-0.4, -0.2) is 68.5 Å². The molecule has 0 aromatic rings. The van der Waals surface area contributed by atoms with E-state index in [4.69, 9.17) is 0 Å². The maximum absolute atomic E-state index is 9.37. The van der Waals surface area contributed by atoms with E-state index < -0.39 is 68.5 Å². The molecule has 8 aliphatic carbocycles. The fourth-order valence-corrected chi connectivity index (χ4v) is 98.5. The summed E-state index contributed by atoms with van der Waals surface area (Å²) in [7, 11) is -25.3. The summed E-state index contributed by atoms with van der Waals surface area (Å²) in [6.07, 6.45) is 52.6. The van der Waals surface area contributed by atoms with E-state index in [0.29, 0.717) is 44.3 Å². The summed E-state index contributed by atoms with van der Waals surface area (Å²) in [6.45, 7) is 0. The third-order valence-corrected chi connectivity index (χ3v) is 75.0. The monoisotopic (exact) mass is 1070 g/mol. The predicted molar refractivity (Wildman–Crippen MR) is 289 cm³/mol. The molecule has 0 aromatic carbocycles. The SMILES string of the molecule is C1CCC([Si]23C[Si]4(C5CCCCC5)O[Si]5(C6CCCCC6)C[Si]6(C7CCCCC7)O[Si](C7CCCCC7)(C[Si](C7CCCCC7)(O2)O5)O[Si](C2CCCCC2)(C[Si](C2CCCCC2)(O4)O6)O3)CC1. The minimum absolute atomic E-state index is 0.497. The van der Waals surface area contributed by atoms with Gasteiger partial charge in [0, 0.05) is 67.0 Å². The molecule has 14 rings (SSSR count). The van der Waals surface area contributed by atoms with Crippen LogP contribution in [0, 0.1) is 0 Å². The fourth-order valence-electron chi connectivity index (χ4n) is 19.3. The molecule has 14 fully saturated rings. The van der Waals surface area contributed by atoms with Crippen molar-refractivity contribution in [3.8, 4) is 0 Å². The van der Waals surface area contributed by atoms with Crippen molar-refractivity contribution in [3.63, 3.8) is 0 Å². The molecule has 0 aromatic heterocycles. The lowest BCUT2D eigenvalue weighted by atomic mass is 10.0. The zero-order valence-electron chi connectivity index (χ0n) is 43.0. The summed E-state index contributed by atoms with van der Waals surface area (Å²) in [4.78, 5) is 0. The third-order valence-electron chi connectivity index (χ3n) is 22.6. The van der Waals surface area contributed by atoms with Crippen LogP contribution in [-0.2, 0) is 32.9 Å². The summed E-state index contributed by atoms with van der Waals surface area (Å²) >= 11 is 0. The smallest absolute Gasteiger partial charge is 0.325 e. The second-order valence-electron chi connectivity index (χ2n) is 26.7. The number of hydrogen-bond donors (Lipinski definition) is 0. The molecule has 14 aliphatic rings. The first-order chi connectivity index (χ1) is 33.3. The molecule has 0 amide bonds. The maximum atomic E-state index is 9.37. The van der Waals surface area contributed by atoms with Crippen LogP contribution in [0.5, 0.6) is 0 Å². The van der Waals surface area contributed by atoms with Gasteiger partial charge in [0.1, 0.15) is 0 Å². The minimum Gasteiger partial charge on any atom is -0.415 e. The molecule has 16 heteroatoms. The van der Waals surface area contributed by atoms with Gasteiger partial charge in [0.15, 0.2) is 0 Å². The average Bonchev–Trinajstić information content (AvgIpc) is 3.38. The lowest BCUT2D eigenvalue weighted by Gasteiger charge is -2.71. The van der Waals surface area contributed by atoms with Crippen LogP contribution in [0.25, 0.3) is 0 Å². The molecule has 6 saturated heterocycles. The number of rotatable bonds is 8. The molecule has 0 radical (unpaired) electrons. The Hall–Kier alpha value is 1.42. The molecule has 8 nitrogen and oxygen atoms in total. The first-order valence-electron chi connectivity index (χ1n) is 30.9. The van der Waals surface area contributed by atoms with Crippen molar-refractivity contribution in [2.24, 2.45) is 0 Å². The lowest BCUT2D eigenvalue weighted by Crippen LogP contribution is -2.88. The molecule has 6 aliphatic heterocycles. The Labute approximate surface area is 422 Å². The summed E-state index contributed by atoms with van der Waals surface area (Å²) in [6, 6.07) is 0. The van der Waals surface area contributed by atoms with E-state index in [1.54, 1.807) is 0 Å². The van der Waals surface area contributed by atoms with Gasteiger partial charge in [-0.25, -0.2) is 0 Å². The van der Waals surface area contributed by atoms with Crippen molar-refractivity contribution in [2.45, 2.75) is 324 Å². The molecule has 0 atom stereocenters. The molecule has 0 spiro atoms. The second-order valence-corrected chi connectivity index (χ2v) is 58.4. The van der Waals surface area contributed by atoms with Crippen molar-refractivity contribution in [1.82, 2.24) is 0 Å². The highest BCUT2D eigenvalue weighted by molar-refractivity contribution is 7.14. The van der Waals surface area contributed by atoms with Gasteiger partial charge in [0.05, 0.1) is 0 Å². The Morgan fingerprint density at radius 1 is 0.147 bits per heavy atom. The molecule has 8 bridgehead atoms. The van der Waals surface area contributed by atoms with Crippen molar-refractivity contribution in [2.75, 3.05) is 0 Å². The van der Waals surface area contributed by atoms with Crippen molar-refractivity contribution in [1.29, 1.82) is 0 Å². The van der Waals surface area contributed by atoms with Gasteiger partial charge in [-0.15, -0.1) is 0 Å². The topological polar surface area (TPSA) is 73.8 Å². The van der Waals surface area contributed by atoms with Crippen LogP contribution in [0.4, 0.5) is 0 Å². The molecular formula is C52H96O8Si8. The fraction of sp³-hybridized carbons (Fsp3) is 1.00. The normalized spacial score (nSPS) is 47.3.